The van der Waals surface area contributed by atoms with E-state index in [2.05, 4.69) is 54.0 Å². The molecule has 0 bridgehead atoms. The first-order valence-corrected chi connectivity index (χ1v) is 7.30. The van der Waals surface area contributed by atoms with E-state index in [1.54, 1.807) is 12.4 Å². The van der Waals surface area contributed by atoms with E-state index >= 15 is 0 Å². The molecule has 1 N–H and O–H groups in total. The number of hydrogen-bond acceptors (Lipinski definition) is 4. The van der Waals surface area contributed by atoms with Gasteiger partial charge in [-0.25, -0.2) is 9.97 Å². The Hall–Kier alpha value is -1.55. The molecule has 0 saturated heterocycles. The minimum Gasteiger partial charge on any atom is -0.313 e. The Kier molecular flexibility index (Phi) is 4.65. The third-order valence-electron chi connectivity index (χ3n) is 3.49. The molecule has 4 nitrogen and oxygen atoms in total. The lowest BCUT2D eigenvalue weighted by molar-refractivity contribution is 0.265. The highest BCUT2D eigenvalue weighted by Gasteiger charge is 2.24. The highest BCUT2D eigenvalue weighted by molar-refractivity contribution is 5.68. The van der Waals surface area contributed by atoms with Crippen LogP contribution in [0.2, 0.25) is 0 Å². The highest BCUT2D eigenvalue weighted by atomic mass is 14.9. The first kappa shape index (κ1) is 14.9. The molecule has 0 spiro atoms. The molecule has 108 valence electrons. The van der Waals surface area contributed by atoms with Gasteiger partial charge in [-0.2, -0.15) is 0 Å². The van der Waals surface area contributed by atoms with E-state index in [0.717, 1.165) is 36.2 Å². The van der Waals surface area contributed by atoms with Crippen molar-refractivity contribution in [2.45, 2.75) is 46.6 Å². The third kappa shape index (κ3) is 3.73. The molecule has 0 saturated carbocycles. The molecule has 0 aromatic carbocycles. The predicted molar refractivity (Wildman–Crippen MR) is 82.6 cm³/mol. The van der Waals surface area contributed by atoms with Crippen LogP contribution in [0.1, 0.15) is 39.8 Å². The Balaban J connectivity index is 2.19. The van der Waals surface area contributed by atoms with Crippen molar-refractivity contribution in [2.24, 2.45) is 5.41 Å². The van der Waals surface area contributed by atoms with Gasteiger partial charge in [-0.05, 0) is 30.5 Å². The first-order chi connectivity index (χ1) is 9.50. The molecule has 0 amide bonds. The summed E-state index contributed by atoms with van der Waals surface area (Å²) in [6.07, 6.45) is 5.44. The number of fused-ring (bicyclic) bond motifs is 1. The van der Waals surface area contributed by atoms with Crippen molar-refractivity contribution in [1.82, 2.24) is 20.3 Å². The molecule has 0 radical (unpaired) electrons. The predicted octanol–water partition coefficient (Wildman–Crippen LogP) is 2.98. The van der Waals surface area contributed by atoms with Crippen molar-refractivity contribution in [3.8, 4) is 0 Å². The van der Waals surface area contributed by atoms with Gasteiger partial charge in [0.15, 0.2) is 5.65 Å². The van der Waals surface area contributed by atoms with E-state index in [1.807, 2.05) is 6.07 Å². The molecule has 4 heteroatoms. The maximum absolute atomic E-state index is 4.62. The molecule has 1 atom stereocenters. The Labute approximate surface area is 121 Å². The SMILES string of the molecule is CCCNC(Cc1ccc2nccnc2n1)C(C)(C)C. The topological polar surface area (TPSA) is 50.7 Å². The van der Waals surface area contributed by atoms with E-state index in [-0.39, 0.29) is 5.41 Å². The van der Waals surface area contributed by atoms with E-state index < -0.39 is 0 Å². The average molecular weight is 272 g/mol. The summed E-state index contributed by atoms with van der Waals surface area (Å²) in [4.78, 5) is 13.2. The monoisotopic (exact) mass is 272 g/mol. The van der Waals surface area contributed by atoms with Crippen molar-refractivity contribution in [2.75, 3.05) is 6.54 Å². The van der Waals surface area contributed by atoms with E-state index in [9.17, 15) is 0 Å². The summed E-state index contributed by atoms with van der Waals surface area (Å²) < 4.78 is 0. The lowest BCUT2D eigenvalue weighted by atomic mass is 9.84. The van der Waals surface area contributed by atoms with Crippen molar-refractivity contribution >= 4 is 11.2 Å². The van der Waals surface area contributed by atoms with Crippen LogP contribution >= 0.6 is 0 Å². The fourth-order valence-corrected chi connectivity index (χ4v) is 2.22. The van der Waals surface area contributed by atoms with Crippen LogP contribution in [-0.4, -0.2) is 27.5 Å². The Bertz CT molecular complexity index is 560. The van der Waals surface area contributed by atoms with Crippen LogP contribution < -0.4 is 5.32 Å². The Morgan fingerprint density at radius 3 is 2.60 bits per heavy atom. The summed E-state index contributed by atoms with van der Waals surface area (Å²) in [5.41, 5.74) is 2.86. The molecular formula is C16H24N4. The maximum Gasteiger partial charge on any atom is 0.178 e. The zero-order valence-corrected chi connectivity index (χ0v) is 12.8. The van der Waals surface area contributed by atoms with Gasteiger partial charge in [0.25, 0.3) is 0 Å². The Morgan fingerprint density at radius 1 is 1.15 bits per heavy atom. The van der Waals surface area contributed by atoms with Gasteiger partial charge < -0.3 is 5.32 Å². The minimum atomic E-state index is 0.203. The number of rotatable bonds is 5. The molecule has 0 fully saturated rings. The van der Waals surface area contributed by atoms with Gasteiger partial charge in [0.1, 0.15) is 5.52 Å². The second kappa shape index (κ2) is 6.27. The van der Waals surface area contributed by atoms with Crippen LogP contribution in [0.25, 0.3) is 11.2 Å². The fourth-order valence-electron chi connectivity index (χ4n) is 2.22. The molecule has 2 heterocycles. The van der Waals surface area contributed by atoms with Crippen LogP contribution in [0.15, 0.2) is 24.5 Å². The molecule has 20 heavy (non-hydrogen) atoms. The van der Waals surface area contributed by atoms with E-state index in [1.165, 1.54) is 0 Å². The van der Waals surface area contributed by atoms with Gasteiger partial charge >= 0.3 is 0 Å². The van der Waals surface area contributed by atoms with Gasteiger partial charge in [-0.3, -0.25) is 4.98 Å². The molecule has 0 aliphatic rings. The van der Waals surface area contributed by atoms with Crippen LogP contribution in [0.5, 0.6) is 0 Å². The van der Waals surface area contributed by atoms with Crippen LogP contribution in [0.3, 0.4) is 0 Å². The van der Waals surface area contributed by atoms with E-state index in [0.29, 0.717) is 6.04 Å². The fraction of sp³-hybridized carbons (Fsp3) is 0.562. The number of nitrogens with one attached hydrogen (secondary N) is 1. The van der Waals surface area contributed by atoms with Gasteiger partial charge in [0.05, 0.1) is 0 Å². The Morgan fingerprint density at radius 2 is 1.90 bits per heavy atom. The lowest BCUT2D eigenvalue weighted by Gasteiger charge is -2.31. The van der Waals surface area contributed by atoms with E-state index in [4.69, 9.17) is 0 Å². The molecule has 2 aromatic rings. The second-order valence-electron chi connectivity index (χ2n) is 6.28. The summed E-state index contributed by atoms with van der Waals surface area (Å²) in [5.74, 6) is 0. The molecule has 0 aliphatic carbocycles. The van der Waals surface area contributed by atoms with Crippen molar-refractivity contribution in [3.05, 3.63) is 30.2 Å². The summed E-state index contributed by atoms with van der Waals surface area (Å²) in [6, 6.07) is 4.47. The van der Waals surface area contributed by atoms with Crippen molar-refractivity contribution in [3.63, 3.8) is 0 Å². The molecule has 2 aromatic heterocycles. The lowest BCUT2D eigenvalue weighted by Crippen LogP contribution is -2.42. The summed E-state index contributed by atoms with van der Waals surface area (Å²) >= 11 is 0. The highest BCUT2D eigenvalue weighted by Crippen LogP contribution is 2.22. The maximum atomic E-state index is 4.62. The molecular weight excluding hydrogens is 248 g/mol. The number of pyridine rings is 1. The quantitative estimate of drug-likeness (QED) is 0.909. The number of nitrogens with zero attached hydrogens (tertiary/aromatic N) is 3. The minimum absolute atomic E-state index is 0.203. The first-order valence-electron chi connectivity index (χ1n) is 7.30. The van der Waals surface area contributed by atoms with Crippen LogP contribution in [-0.2, 0) is 6.42 Å². The van der Waals surface area contributed by atoms with Gasteiger partial charge in [0, 0.05) is 30.6 Å². The average Bonchev–Trinajstić information content (AvgIpc) is 2.42. The van der Waals surface area contributed by atoms with Gasteiger partial charge in [-0.15, -0.1) is 0 Å². The molecule has 0 aliphatic heterocycles. The van der Waals surface area contributed by atoms with Gasteiger partial charge in [0.2, 0.25) is 0 Å². The zero-order valence-electron chi connectivity index (χ0n) is 12.8. The summed E-state index contributed by atoms with van der Waals surface area (Å²) in [5, 5.41) is 3.63. The number of aromatic nitrogens is 3. The van der Waals surface area contributed by atoms with Crippen LogP contribution in [0.4, 0.5) is 0 Å². The van der Waals surface area contributed by atoms with Gasteiger partial charge in [-0.1, -0.05) is 27.7 Å². The molecule has 2 rings (SSSR count). The van der Waals surface area contributed by atoms with Crippen LogP contribution in [0, 0.1) is 5.41 Å². The second-order valence-corrected chi connectivity index (χ2v) is 6.28. The van der Waals surface area contributed by atoms with Crippen molar-refractivity contribution in [1.29, 1.82) is 0 Å². The smallest absolute Gasteiger partial charge is 0.178 e. The third-order valence-corrected chi connectivity index (χ3v) is 3.49. The normalized spacial score (nSPS) is 13.6. The largest absolute Gasteiger partial charge is 0.313 e. The zero-order chi connectivity index (χ0) is 14.6. The molecule has 1 unspecified atom stereocenters. The summed E-state index contributed by atoms with van der Waals surface area (Å²) in [7, 11) is 0. The number of hydrogen-bond donors (Lipinski definition) is 1. The standard InChI is InChI=1S/C16H24N4/c1-5-8-18-14(16(2,3)4)11-12-6-7-13-15(20-12)19-10-9-17-13/h6-7,9-10,14,18H,5,8,11H2,1-4H3. The van der Waals surface area contributed by atoms with Crippen molar-refractivity contribution < 1.29 is 0 Å². The summed E-state index contributed by atoms with van der Waals surface area (Å²) in [6.45, 7) is 10.0.